The van der Waals surface area contributed by atoms with Crippen molar-refractivity contribution >= 4 is 17.8 Å². The zero-order chi connectivity index (χ0) is 21.1. The van der Waals surface area contributed by atoms with Crippen molar-refractivity contribution in [1.29, 1.82) is 0 Å². The van der Waals surface area contributed by atoms with Crippen LogP contribution in [-0.4, -0.2) is 40.4 Å². The van der Waals surface area contributed by atoms with Crippen LogP contribution >= 0.6 is 0 Å². The third kappa shape index (κ3) is 4.60. The van der Waals surface area contributed by atoms with Crippen LogP contribution in [0.15, 0.2) is 48.5 Å². The summed E-state index contributed by atoms with van der Waals surface area (Å²) in [7, 11) is 0. The van der Waals surface area contributed by atoms with Gasteiger partial charge < -0.3 is 9.84 Å². The summed E-state index contributed by atoms with van der Waals surface area (Å²) in [5, 5.41) is 8.79. The lowest BCUT2D eigenvalue weighted by atomic mass is 9.84. The second-order valence-electron chi connectivity index (χ2n) is 8.07. The Kier molecular flexibility index (Phi) is 5.68. The lowest BCUT2D eigenvalue weighted by molar-refractivity contribution is -0.131. The van der Waals surface area contributed by atoms with Crippen molar-refractivity contribution in [3.8, 4) is 5.75 Å². The summed E-state index contributed by atoms with van der Waals surface area (Å²) in [5.41, 5.74) is 1.75. The summed E-state index contributed by atoms with van der Waals surface area (Å²) < 4.78 is 19.5. The van der Waals surface area contributed by atoms with E-state index in [2.05, 4.69) is 4.90 Å². The minimum absolute atomic E-state index is 0.0359. The van der Waals surface area contributed by atoms with Gasteiger partial charge in [0.05, 0.1) is 12.0 Å². The molecule has 0 bridgehead atoms. The summed E-state index contributed by atoms with van der Waals surface area (Å²) in [6.07, 6.45) is 5.33. The molecular weight excluding hydrogens is 385 g/mol. The van der Waals surface area contributed by atoms with Crippen LogP contribution in [0.25, 0.3) is 6.08 Å². The number of likely N-dealkylation sites (tertiary alicyclic amines) is 1. The molecule has 2 heterocycles. The molecule has 1 saturated heterocycles. The Morgan fingerprint density at radius 3 is 2.73 bits per heavy atom. The Morgan fingerprint density at radius 2 is 1.97 bits per heavy atom. The number of aliphatic carboxylic acids is 1. The highest BCUT2D eigenvalue weighted by molar-refractivity contribution is 6.01. The number of Topliss-reactive ketones (excluding diaryl/α,β-unsaturated/α-hetero) is 1. The molecular formula is C24H24FNO4. The van der Waals surface area contributed by atoms with E-state index in [0.29, 0.717) is 23.3 Å². The standard InChI is InChI=1S/C24H24FNO4/c25-19-6-2-18(3-7-19)16-26-12-1-10-24(11-13-26)15-21(27)20-14-17(5-9-23(28)29)4-8-22(20)30-24/h2-9,14H,1,10-13,15-16H2,(H,28,29)/b9-5+. The molecule has 1 N–H and O–H groups in total. The number of rotatable bonds is 4. The van der Waals surface area contributed by atoms with Gasteiger partial charge in [-0.25, -0.2) is 9.18 Å². The summed E-state index contributed by atoms with van der Waals surface area (Å²) in [5.74, 6) is -0.652. The molecule has 0 amide bonds. The lowest BCUT2D eigenvalue weighted by Gasteiger charge is -2.37. The molecule has 5 nitrogen and oxygen atoms in total. The smallest absolute Gasteiger partial charge is 0.328 e. The molecule has 0 radical (unpaired) electrons. The molecule has 2 aromatic rings. The first-order chi connectivity index (χ1) is 14.4. The van der Waals surface area contributed by atoms with Gasteiger partial charge in [0.1, 0.15) is 17.2 Å². The minimum atomic E-state index is -1.03. The molecule has 2 aliphatic heterocycles. The highest BCUT2D eigenvalue weighted by atomic mass is 19.1. The molecule has 0 aromatic heterocycles. The van der Waals surface area contributed by atoms with E-state index in [1.807, 2.05) is 12.1 Å². The summed E-state index contributed by atoms with van der Waals surface area (Å²) in [6.45, 7) is 2.46. The number of halogens is 1. The van der Waals surface area contributed by atoms with Crippen molar-refractivity contribution in [2.24, 2.45) is 0 Å². The first-order valence-corrected chi connectivity index (χ1v) is 10.2. The van der Waals surface area contributed by atoms with E-state index in [4.69, 9.17) is 9.84 Å². The zero-order valence-electron chi connectivity index (χ0n) is 16.6. The molecule has 1 fully saturated rings. The number of fused-ring (bicyclic) bond motifs is 1. The molecule has 1 atom stereocenters. The average molecular weight is 409 g/mol. The van der Waals surface area contributed by atoms with E-state index in [0.717, 1.165) is 50.5 Å². The number of carbonyl (C=O) groups is 2. The number of nitrogens with zero attached hydrogens (tertiary/aromatic N) is 1. The maximum absolute atomic E-state index is 13.1. The van der Waals surface area contributed by atoms with Crippen molar-refractivity contribution in [3.05, 3.63) is 71.0 Å². The van der Waals surface area contributed by atoms with Gasteiger partial charge in [-0.1, -0.05) is 18.2 Å². The van der Waals surface area contributed by atoms with Crippen molar-refractivity contribution in [3.63, 3.8) is 0 Å². The molecule has 1 unspecified atom stereocenters. The summed E-state index contributed by atoms with van der Waals surface area (Å²) in [4.78, 5) is 25.9. The Hall–Kier alpha value is -2.99. The predicted octanol–water partition coefficient (Wildman–Crippen LogP) is 4.31. The van der Waals surface area contributed by atoms with E-state index in [1.165, 1.54) is 18.2 Å². The second-order valence-corrected chi connectivity index (χ2v) is 8.07. The average Bonchev–Trinajstić information content (AvgIpc) is 2.90. The third-order valence-electron chi connectivity index (χ3n) is 5.84. The van der Waals surface area contributed by atoms with E-state index >= 15 is 0 Å². The number of hydrogen-bond acceptors (Lipinski definition) is 4. The minimum Gasteiger partial charge on any atom is -0.486 e. The zero-order valence-corrected chi connectivity index (χ0v) is 16.6. The maximum Gasteiger partial charge on any atom is 0.328 e. The molecule has 156 valence electrons. The number of carboxylic acid groups (broad SMARTS) is 1. The van der Waals surface area contributed by atoms with Gasteiger partial charge in [-0.3, -0.25) is 9.69 Å². The van der Waals surface area contributed by atoms with Gasteiger partial charge in [0, 0.05) is 25.6 Å². The highest BCUT2D eigenvalue weighted by Crippen LogP contribution is 2.40. The number of carbonyl (C=O) groups excluding carboxylic acids is 1. The van der Waals surface area contributed by atoms with Gasteiger partial charge in [0.25, 0.3) is 0 Å². The molecule has 30 heavy (non-hydrogen) atoms. The van der Waals surface area contributed by atoms with Crippen LogP contribution in [0.4, 0.5) is 4.39 Å². The number of carboxylic acids is 1. The Bertz CT molecular complexity index is 985. The summed E-state index contributed by atoms with van der Waals surface area (Å²) >= 11 is 0. The van der Waals surface area contributed by atoms with Crippen LogP contribution in [0.3, 0.4) is 0 Å². The molecule has 0 aliphatic carbocycles. The van der Waals surface area contributed by atoms with Crippen molar-refractivity contribution in [2.45, 2.75) is 37.8 Å². The largest absolute Gasteiger partial charge is 0.486 e. The monoisotopic (exact) mass is 409 g/mol. The topological polar surface area (TPSA) is 66.8 Å². The molecule has 1 spiro atoms. The van der Waals surface area contributed by atoms with Crippen molar-refractivity contribution in [2.75, 3.05) is 13.1 Å². The number of ketones is 1. The van der Waals surface area contributed by atoms with E-state index < -0.39 is 11.6 Å². The van der Waals surface area contributed by atoms with Crippen LogP contribution < -0.4 is 4.74 Å². The molecule has 0 saturated carbocycles. The quantitative estimate of drug-likeness (QED) is 0.762. The van der Waals surface area contributed by atoms with E-state index in [-0.39, 0.29) is 11.6 Å². The number of ether oxygens (including phenoxy) is 1. The summed E-state index contributed by atoms with van der Waals surface area (Å²) in [6, 6.07) is 11.8. The molecule has 2 aliphatic rings. The Morgan fingerprint density at radius 1 is 1.17 bits per heavy atom. The number of benzene rings is 2. The Balaban J connectivity index is 1.46. The SMILES string of the molecule is O=C(O)/C=C/c1ccc2c(c1)C(=O)CC1(CCCN(Cc3ccc(F)cc3)CC1)O2. The van der Waals surface area contributed by atoms with E-state index in [9.17, 15) is 14.0 Å². The number of hydrogen-bond donors (Lipinski definition) is 1. The van der Waals surface area contributed by atoms with Crippen LogP contribution in [0.5, 0.6) is 5.75 Å². The van der Waals surface area contributed by atoms with Gasteiger partial charge in [-0.15, -0.1) is 0 Å². The first kappa shape index (κ1) is 20.3. The fourth-order valence-electron chi connectivity index (χ4n) is 4.29. The van der Waals surface area contributed by atoms with Crippen LogP contribution in [0.1, 0.15) is 47.2 Å². The van der Waals surface area contributed by atoms with Crippen molar-refractivity contribution in [1.82, 2.24) is 4.90 Å². The lowest BCUT2D eigenvalue weighted by Crippen LogP contribution is -2.42. The first-order valence-electron chi connectivity index (χ1n) is 10.2. The Labute approximate surface area is 174 Å². The van der Waals surface area contributed by atoms with Gasteiger partial charge in [0.2, 0.25) is 0 Å². The van der Waals surface area contributed by atoms with E-state index in [1.54, 1.807) is 18.2 Å². The van der Waals surface area contributed by atoms with Gasteiger partial charge in [0.15, 0.2) is 5.78 Å². The van der Waals surface area contributed by atoms with Gasteiger partial charge >= 0.3 is 5.97 Å². The van der Waals surface area contributed by atoms with Crippen LogP contribution in [0, 0.1) is 5.82 Å². The molecule has 6 heteroatoms. The maximum atomic E-state index is 13.1. The normalized spacial score (nSPS) is 22.0. The fraction of sp³-hybridized carbons (Fsp3) is 0.333. The highest BCUT2D eigenvalue weighted by Gasteiger charge is 2.41. The van der Waals surface area contributed by atoms with Gasteiger partial charge in [-0.05, 0) is 60.9 Å². The molecule has 4 rings (SSSR count). The molecule has 2 aromatic carbocycles. The second kappa shape index (κ2) is 8.40. The predicted molar refractivity (Wildman–Crippen MR) is 111 cm³/mol. The fourth-order valence-corrected chi connectivity index (χ4v) is 4.29. The third-order valence-corrected chi connectivity index (χ3v) is 5.84. The van der Waals surface area contributed by atoms with Crippen LogP contribution in [0.2, 0.25) is 0 Å². The van der Waals surface area contributed by atoms with Crippen molar-refractivity contribution < 1.29 is 23.8 Å². The van der Waals surface area contributed by atoms with Crippen LogP contribution in [-0.2, 0) is 11.3 Å². The van der Waals surface area contributed by atoms with Gasteiger partial charge in [-0.2, -0.15) is 0 Å².